The molecule has 0 spiro atoms. The second kappa shape index (κ2) is 11.5. The molecule has 6 heteroatoms. The summed E-state index contributed by atoms with van der Waals surface area (Å²) in [5.74, 6) is 0.762. The Labute approximate surface area is 203 Å². The van der Waals surface area contributed by atoms with Crippen molar-refractivity contribution < 1.29 is 0 Å². The smallest absolute Gasteiger partial charge is 0.134 e. The summed E-state index contributed by atoms with van der Waals surface area (Å²) in [6.45, 7) is 4.81. The van der Waals surface area contributed by atoms with Crippen molar-refractivity contribution in [2.45, 2.75) is 13.2 Å². The largest absolute Gasteiger partial charge is 0.359 e. The van der Waals surface area contributed by atoms with Crippen LogP contribution in [-0.2, 0) is 0 Å². The summed E-state index contributed by atoms with van der Waals surface area (Å²) < 4.78 is 0. The van der Waals surface area contributed by atoms with Crippen LogP contribution in [0.3, 0.4) is 0 Å². The summed E-state index contributed by atoms with van der Waals surface area (Å²) >= 11 is 0. The quantitative estimate of drug-likeness (QED) is 0.244. The maximum absolute atomic E-state index is 5.68. The molecule has 0 aliphatic rings. The molecule has 0 aliphatic carbocycles. The van der Waals surface area contributed by atoms with Crippen molar-refractivity contribution in [2.75, 3.05) is 37.0 Å². The van der Waals surface area contributed by atoms with Crippen molar-refractivity contribution in [1.82, 2.24) is 14.9 Å². The second-order valence-corrected chi connectivity index (χ2v) is 8.27. The van der Waals surface area contributed by atoms with Gasteiger partial charge in [0.1, 0.15) is 12.1 Å². The van der Waals surface area contributed by atoms with Crippen LogP contribution in [0.4, 0.5) is 17.2 Å². The summed E-state index contributed by atoms with van der Waals surface area (Å²) in [4.78, 5) is 13.5. The summed E-state index contributed by atoms with van der Waals surface area (Å²) in [6, 6.07) is 29.2. The van der Waals surface area contributed by atoms with Gasteiger partial charge >= 0.3 is 0 Å². The van der Waals surface area contributed by atoms with Gasteiger partial charge in [-0.15, -0.1) is 0 Å². The third-order valence-corrected chi connectivity index (χ3v) is 5.74. The number of hydrogen-bond acceptors (Lipinski definition) is 5. The molecule has 34 heavy (non-hydrogen) atoms. The zero-order chi connectivity index (χ0) is 23.8. The summed E-state index contributed by atoms with van der Waals surface area (Å²) in [7, 11) is 7.77. The first kappa shape index (κ1) is 23.5. The van der Waals surface area contributed by atoms with Gasteiger partial charge in [-0.1, -0.05) is 54.9 Å². The van der Waals surface area contributed by atoms with E-state index in [0.29, 0.717) is 6.32 Å². The third kappa shape index (κ3) is 6.03. The fraction of sp³-hybridized carbons (Fsp3) is 0.214. The SMILES string of the molecule is [B]CCN(C)CN(CC)c1ccc(Nc2cc(-c3cccc(-c4ccccc4)c3)ncn2)cc1. The topological polar surface area (TPSA) is 44.3 Å². The van der Waals surface area contributed by atoms with Gasteiger partial charge in [-0.25, -0.2) is 9.97 Å². The molecule has 4 rings (SSSR count). The lowest BCUT2D eigenvalue weighted by atomic mass is 10.0. The highest BCUT2D eigenvalue weighted by Crippen LogP contribution is 2.27. The van der Waals surface area contributed by atoms with E-state index in [0.717, 1.165) is 42.5 Å². The van der Waals surface area contributed by atoms with Crippen LogP contribution in [0, 0.1) is 0 Å². The highest BCUT2D eigenvalue weighted by Gasteiger charge is 2.08. The lowest BCUT2D eigenvalue weighted by Gasteiger charge is -2.28. The van der Waals surface area contributed by atoms with E-state index in [2.05, 4.69) is 112 Å². The first-order valence-electron chi connectivity index (χ1n) is 11.6. The Kier molecular flexibility index (Phi) is 7.94. The molecule has 0 saturated carbocycles. The van der Waals surface area contributed by atoms with Crippen LogP contribution in [0.2, 0.25) is 6.32 Å². The van der Waals surface area contributed by atoms with Crippen molar-refractivity contribution in [3.63, 3.8) is 0 Å². The number of anilines is 3. The minimum Gasteiger partial charge on any atom is -0.359 e. The molecule has 2 radical (unpaired) electrons. The van der Waals surface area contributed by atoms with Crippen molar-refractivity contribution in [1.29, 1.82) is 0 Å². The fourth-order valence-electron chi connectivity index (χ4n) is 3.92. The van der Waals surface area contributed by atoms with Gasteiger partial charge in [-0.3, -0.25) is 4.90 Å². The molecular weight excluding hydrogens is 417 g/mol. The van der Waals surface area contributed by atoms with Crippen molar-refractivity contribution in [3.8, 4) is 22.4 Å². The molecule has 0 fully saturated rings. The zero-order valence-corrected chi connectivity index (χ0v) is 19.9. The number of aromatic nitrogens is 2. The van der Waals surface area contributed by atoms with E-state index >= 15 is 0 Å². The Morgan fingerprint density at radius 1 is 0.824 bits per heavy atom. The monoisotopic (exact) mass is 447 g/mol. The van der Waals surface area contributed by atoms with Crippen LogP contribution in [0.1, 0.15) is 6.92 Å². The minimum atomic E-state index is 0.661. The summed E-state index contributed by atoms with van der Waals surface area (Å²) in [5, 5.41) is 3.41. The van der Waals surface area contributed by atoms with Gasteiger partial charge in [0.25, 0.3) is 0 Å². The Balaban J connectivity index is 1.48. The molecule has 0 aliphatic heterocycles. The molecule has 0 amide bonds. The van der Waals surface area contributed by atoms with Crippen molar-refractivity contribution in [2.24, 2.45) is 0 Å². The van der Waals surface area contributed by atoms with Crippen LogP contribution in [0.15, 0.2) is 91.3 Å². The molecule has 170 valence electrons. The lowest BCUT2D eigenvalue weighted by Crippen LogP contribution is -2.36. The lowest BCUT2D eigenvalue weighted by molar-refractivity contribution is 0.351. The van der Waals surface area contributed by atoms with Gasteiger partial charge < -0.3 is 10.2 Å². The minimum absolute atomic E-state index is 0.661. The number of hydrogen-bond donors (Lipinski definition) is 1. The molecule has 1 N–H and O–H groups in total. The van der Waals surface area contributed by atoms with Crippen LogP contribution in [0.5, 0.6) is 0 Å². The van der Waals surface area contributed by atoms with E-state index in [4.69, 9.17) is 7.85 Å². The number of nitrogens with one attached hydrogen (secondary N) is 1. The second-order valence-electron chi connectivity index (χ2n) is 8.27. The van der Waals surface area contributed by atoms with Gasteiger partial charge in [-0.05, 0) is 62.0 Å². The van der Waals surface area contributed by atoms with E-state index in [9.17, 15) is 0 Å². The Morgan fingerprint density at radius 2 is 1.56 bits per heavy atom. The molecular formula is C28H30BN5. The van der Waals surface area contributed by atoms with Crippen molar-refractivity contribution in [3.05, 3.63) is 91.3 Å². The van der Waals surface area contributed by atoms with E-state index in [-0.39, 0.29) is 0 Å². The normalized spacial score (nSPS) is 10.9. The Bertz CT molecular complexity index is 1180. The number of benzene rings is 3. The molecule has 0 bridgehead atoms. The van der Waals surface area contributed by atoms with Gasteiger partial charge in [0.05, 0.1) is 20.2 Å². The highest BCUT2D eigenvalue weighted by atomic mass is 15.3. The third-order valence-electron chi connectivity index (χ3n) is 5.74. The standard InChI is InChI=1S/C28H30BN5/c1-3-34(21-33(2)17-16-29)26-14-12-25(13-15-26)32-28-19-27(30-20-31-28)24-11-7-10-23(18-24)22-8-5-4-6-9-22/h4-15,18-20H,3,16-17,21H2,1-2H3,(H,30,31,32). The van der Waals surface area contributed by atoms with Crippen LogP contribution in [0.25, 0.3) is 22.4 Å². The molecule has 1 aromatic heterocycles. The van der Waals surface area contributed by atoms with E-state index in [1.165, 1.54) is 16.8 Å². The van der Waals surface area contributed by atoms with Gasteiger partial charge in [0.2, 0.25) is 0 Å². The molecule has 0 atom stereocenters. The molecule has 3 aromatic carbocycles. The average molecular weight is 447 g/mol. The summed E-state index contributed by atoms with van der Waals surface area (Å²) in [5.41, 5.74) is 6.46. The Hall–Kier alpha value is -3.64. The maximum atomic E-state index is 5.68. The average Bonchev–Trinajstić information content (AvgIpc) is 2.89. The predicted molar refractivity (Wildman–Crippen MR) is 144 cm³/mol. The van der Waals surface area contributed by atoms with Crippen LogP contribution < -0.4 is 10.2 Å². The predicted octanol–water partition coefficient (Wildman–Crippen LogP) is 5.86. The maximum Gasteiger partial charge on any atom is 0.134 e. The van der Waals surface area contributed by atoms with E-state index in [1.54, 1.807) is 6.33 Å². The molecule has 0 saturated heterocycles. The van der Waals surface area contributed by atoms with Crippen LogP contribution in [-0.4, -0.2) is 49.5 Å². The number of nitrogens with zero attached hydrogens (tertiary/aromatic N) is 4. The molecule has 1 heterocycles. The fourth-order valence-corrected chi connectivity index (χ4v) is 3.92. The molecule has 0 unspecified atom stereocenters. The van der Waals surface area contributed by atoms with Gasteiger partial charge in [-0.2, -0.15) is 0 Å². The Morgan fingerprint density at radius 3 is 2.29 bits per heavy atom. The number of rotatable bonds is 10. The highest BCUT2D eigenvalue weighted by molar-refractivity contribution is 6.08. The van der Waals surface area contributed by atoms with Crippen LogP contribution >= 0.6 is 0 Å². The molecule has 5 nitrogen and oxygen atoms in total. The molecule has 4 aromatic rings. The van der Waals surface area contributed by atoms with Gasteiger partial charge in [0.15, 0.2) is 0 Å². The first-order valence-corrected chi connectivity index (χ1v) is 11.6. The summed E-state index contributed by atoms with van der Waals surface area (Å²) in [6.07, 6.45) is 2.27. The van der Waals surface area contributed by atoms with Crippen molar-refractivity contribution >= 4 is 25.0 Å². The first-order chi connectivity index (χ1) is 16.7. The van der Waals surface area contributed by atoms with E-state index < -0.39 is 0 Å². The zero-order valence-electron chi connectivity index (χ0n) is 19.9. The van der Waals surface area contributed by atoms with E-state index in [1.807, 2.05) is 12.1 Å². The van der Waals surface area contributed by atoms with Gasteiger partial charge in [0, 0.05) is 29.5 Å².